The van der Waals surface area contributed by atoms with Crippen LogP contribution in [0.2, 0.25) is 0 Å². The van der Waals surface area contributed by atoms with Crippen molar-refractivity contribution in [3.63, 3.8) is 0 Å². The summed E-state index contributed by atoms with van der Waals surface area (Å²) in [6.07, 6.45) is 5.65. The van der Waals surface area contributed by atoms with Gasteiger partial charge in [0.2, 0.25) is 5.91 Å². The van der Waals surface area contributed by atoms with Crippen molar-refractivity contribution in [2.75, 3.05) is 17.6 Å². The number of aromatic nitrogens is 6. The maximum Gasteiger partial charge on any atom is 0.243 e. The van der Waals surface area contributed by atoms with Crippen LogP contribution in [0.25, 0.3) is 22.1 Å². The number of hydroxylamine groups is 1. The van der Waals surface area contributed by atoms with Crippen molar-refractivity contribution < 1.29 is 10.0 Å². The molecular weight excluding hydrogens is 398 g/mol. The second kappa shape index (κ2) is 10.8. The Bertz CT molecular complexity index is 1150. The Morgan fingerprint density at radius 1 is 1.19 bits per heavy atom. The first-order valence-corrected chi connectivity index (χ1v) is 9.94. The summed E-state index contributed by atoms with van der Waals surface area (Å²) >= 11 is 0. The van der Waals surface area contributed by atoms with Crippen LogP contribution < -0.4 is 16.5 Å². The largest absolute Gasteiger partial charge is 0.382 e. The maximum absolute atomic E-state index is 11.0. The highest BCUT2D eigenvalue weighted by Crippen LogP contribution is 2.20. The van der Waals surface area contributed by atoms with Crippen molar-refractivity contribution >= 4 is 39.6 Å². The van der Waals surface area contributed by atoms with Crippen LogP contribution in [0.15, 0.2) is 36.9 Å². The van der Waals surface area contributed by atoms with Gasteiger partial charge in [-0.1, -0.05) is 19.1 Å². The topological polar surface area (TPSA) is 168 Å². The van der Waals surface area contributed by atoms with Crippen molar-refractivity contribution in [1.82, 2.24) is 35.4 Å². The Hall–Kier alpha value is -3.86. The van der Waals surface area contributed by atoms with Gasteiger partial charge in [0.25, 0.3) is 0 Å². The van der Waals surface area contributed by atoms with Gasteiger partial charge < -0.3 is 16.0 Å². The number of hydrogen-bond acceptors (Lipinski definition) is 9. The number of aryl methyl sites for hydroxylation is 1. The lowest BCUT2D eigenvalue weighted by molar-refractivity contribution is -0.129. The normalized spacial score (nSPS) is 10.5. The van der Waals surface area contributed by atoms with E-state index in [1.165, 1.54) is 12.7 Å². The minimum atomic E-state index is -0.379. The van der Waals surface area contributed by atoms with Gasteiger partial charge in [0.1, 0.15) is 23.5 Å². The molecule has 162 valence electrons. The third-order valence-corrected chi connectivity index (χ3v) is 4.37. The number of fused-ring (bicyclic) bond motifs is 2. The molecule has 11 heteroatoms. The average molecular weight is 423 g/mol. The molecular formula is C20H25N9O2. The zero-order chi connectivity index (χ0) is 22.1. The van der Waals surface area contributed by atoms with E-state index in [1.807, 2.05) is 24.3 Å². The van der Waals surface area contributed by atoms with Gasteiger partial charge in [0, 0.05) is 24.8 Å². The van der Waals surface area contributed by atoms with Crippen molar-refractivity contribution in [1.29, 1.82) is 0 Å². The number of nitrogens with two attached hydrogens (primary N) is 1. The molecule has 0 aliphatic rings. The Labute approximate surface area is 178 Å². The number of imidazole rings is 1. The molecule has 4 aromatic rings. The Kier molecular flexibility index (Phi) is 7.60. The summed E-state index contributed by atoms with van der Waals surface area (Å²) in [6, 6.07) is 7.87. The van der Waals surface area contributed by atoms with Crippen LogP contribution in [0.3, 0.4) is 0 Å². The van der Waals surface area contributed by atoms with Crippen molar-refractivity contribution in [2.45, 2.75) is 32.6 Å². The second-order valence-corrected chi connectivity index (χ2v) is 6.68. The summed E-state index contributed by atoms with van der Waals surface area (Å²) in [7, 11) is 0. The van der Waals surface area contributed by atoms with E-state index in [-0.39, 0.29) is 12.3 Å². The first-order chi connectivity index (χ1) is 15.1. The molecule has 1 aromatic carbocycles. The van der Waals surface area contributed by atoms with E-state index in [0.717, 1.165) is 35.4 Å². The Balaban J connectivity index is 0.000000225. The highest BCUT2D eigenvalue weighted by Gasteiger charge is 2.07. The van der Waals surface area contributed by atoms with Gasteiger partial charge in [-0.05, 0) is 25.0 Å². The number of nitrogens with zero attached hydrogens (tertiary/aromatic N) is 5. The first kappa shape index (κ1) is 21.8. The number of aromatic amines is 1. The van der Waals surface area contributed by atoms with E-state index in [0.29, 0.717) is 29.9 Å². The highest BCUT2D eigenvalue weighted by atomic mass is 16.5. The molecule has 3 heterocycles. The lowest BCUT2D eigenvalue weighted by atomic mass is 10.2. The van der Waals surface area contributed by atoms with Crippen LogP contribution in [0.1, 0.15) is 32.0 Å². The van der Waals surface area contributed by atoms with E-state index in [1.54, 1.807) is 5.48 Å². The number of H-pyrrole nitrogens is 1. The summed E-state index contributed by atoms with van der Waals surface area (Å²) in [5, 5.41) is 12.7. The molecule has 4 rings (SSSR count). The number of anilines is 2. The fraction of sp³-hybridized carbons (Fsp3) is 0.300. The third-order valence-electron chi connectivity index (χ3n) is 4.37. The predicted octanol–water partition coefficient (Wildman–Crippen LogP) is 2.21. The van der Waals surface area contributed by atoms with E-state index in [4.69, 9.17) is 10.9 Å². The summed E-state index contributed by atoms with van der Waals surface area (Å²) < 4.78 is 0. The van der Waals surface area contributed by atoms with Gasteiger partial charge in [-0.3, -0.25) is 10.0 Å². The van der Waals surface area contributed by atoms with E-state index in [2.05, 4.69) is 42.1 Å². The van der Waals surface area contributed by atoms with Gasteiger partial charge in [-0.15, -0.1) is 0 Å². The molecule has 31 heavy (non-hydrogen) atoms. The lowest BCUT2D eigenvalue weighted by Gasteiger charge is -2.10. The van der Waals surface area contributed by atoms with Gasteiger partial charge in [0.05, 0.1) is 11.8 Å². The minimum absolute atomic E-state index is 0.272. The maximum atomic E-state index is 11.0. The summed E-state index contributed by atoms with van der Waals surface area (Å²) in [6.45, 7) is 2.71. The van der Waals surface area contributed by atoms with Crippen molar-refractivity contribution in [2.24, 2.45) is 0 Å². The number of hydrogen-bond donors (Lipinski definition) is 5. The molecule has 0 spiro atoms. The van der Waals surface area contributed by atoms with Crippen LogP contribution in [-0.4, -0.2) is 47.6 Å². The van der Waals surface area contributed by atoms with Crippen LogP contribution >= 0.6 is 0 Å². The fourth-order valence-corrected chi connectivity index (χ4v) is 2.89. The number of rotatable bonds is 7. The SMILES string of the molecule is CCCc1nc(NCCCC(=O)NO)c2ccccc2n1.Nc1ncnc2nc[nH]c12. The number of nitrogens with one attached hydrogen (secondary N) is 3. The molecule has 0 atom stereocenters. The molecule has 0 saturated carbocycles. The average Bonchev–Trinajstić information content (AvgIpc) is 3.27. The van der Waals surface area contributed by atoms with Gasteiger partial charge in [0.15, 0.2) is 11.5 Å². The van der Waals surface area contributed by atoms with Crippen LogP contribution in [0, 0.1) is 0 Å². The molecule has 3 aromatic heterocycles. The highest BCUT2D eigenvalue weighted by molar-refractivity contribution is 5.89. The van der Waals surface area contributed by atoms with Crippen molar-refractivity contribution in [3.05, 3.63) is 42.7 Å². The Morgan fingerprint density at radius 3 is 2.81 bits per heavy atom. The van der Waals surface area contributed by atoms with Gasteiger partial charge in [-0.2, -0.15) is 0 Å². The molecule has 0 unspecified atom stereocenters. The number of para-hydroxylation sites is 1. The molecule has 11 nitrogen and oxygen atoms in total. The van der Waals surface area contributed by atoms with E-state index < -0.39 is 0 Å². The number of carbonyl (C=O) groups is 1. The summed E-state index contributed by atoms with van der Waals surface area (Å²) in [4.78, 5) is 34.4. The molecule has 0 radical (unpaired) electrons. The molecule has 1 amide bonds. The number of carbonyl (C=O) groups excluding carboxylic acids is 1. The van der Waals surface area contributed by atoms with Crippen molar-refractivity contribution in [3.8, 4) is 0 Å². The second-order valence-electron chi connectivity index (χ2n) is 6.68. The smallest absolute Gasteiger partial charge is 0.243 e. The van der Waals surface area contributed by atoms with Crippen LogP contribution in [0.4, 0.5) is 11.6 Å². The Morgan fingerprint density at radius 2 is 2.03 bits per heavy atom. The molecule has 0 fully saturated rings. The lowest BCUT2D eigenvalue weighted by Crippen LogP contribution is -2.19. The van der Waals surface area contributed by atoms with E-state index in [9.17, 15) is 4.79 Å². The predicted molar refractivity (Wildman–Crippen MR) is 117 cm³/mol. The van der Waals surface area contributed by atoms with Crippen LogP contribution in [0.5, 0.6) is 0 Å². The zero-order valence-electron chi connectivity index (χ0n) is 17.2. The molecule has 0 saturated heterocycles. The molecule has 6 N–H and O–H groups in total. The van der Waals surface area contributed by atoms with Gasteiger partial charge >= 0.3 is 0 Å². The van der Waals surface area contributed by atoms with Gasteiger partial charge in [-0.25, -0.2) is 30.4 Å². The fourth-order valence-electron chi connectivity index (χ4n) is 2.89. The summed E-state index contributed by atoms with van der Waals surface area (Å²) in [5.41, 5.74) is 9.33. The molecule has 0 aliphatic carbocycles. The zero-order valence-corrected chi connectivity index (χ0v) is 17.2. The molecule has 0 aliphatic heterocycles. The number of amides is 1. The number of benzene rings is 1. The monoisotopic (exact) mass is 423 g/mol. The quantitative estimate of drug-likeness (QED) is 0.170. The first-order valence-electron chi connectivity index (χ1n) is 9.94. The molecule has 0 bridgehead atoms. The summed E-state index contributed by atoms with van der Waals surface area (Å²) in [5.74, 6) is 1.68. The minimum Gasteiger partial charge on any atom is -0.382 e. The third kappa shape index (κ3) is 5.82. The van der Waals surface area contributed by atoms with E-state index >= 15 is 0 Å². The standard InChI is InChI=1S/C15H20N4O2.C5H5N5/c1-2-6-13-17-12-8-4-3-7-11(12)15(18-13)16-10-5-9-14(20)19-21;6-4-3-5(9-1-7-3)10-2-8-4/h3-4,7-8,21H,2,5-6,9-10H2,1H3,(H,19,20)(H,16,17,18);1-2H,(H3,6,7,8,9,10). The van der Waals surface area contributed by atoms with Crippen LogP contribution in [-0.2, 0) is 11.2 Å². The number of nitrogen functional groups attached to an aromatic ring is 1.